The van der Waals surface area contributed by atoms with E-state index in [4.69, 9.17) is 14.0 Å². The molecule has 1 aromatic heterocycles. The number of guanidine groups is 1. The second kappa shape index (κ2) is 14.0. The van der Waals surface area contributed by atoms with E-state index in [-0.39, 0.29) is 12.5 Å². The maximum Gasteiger partial charge on any atom is 0.445 e. The summed E-state index contributed by atoms with van der Waals surface area (Å²) in [4.78, 5) is 36.4. The quantitative estimate of drug-likeness (QED) is 0.104. The minimum atomic E-state index is -1.28. The molecule has 0 bridgehead atoms. The van der Waals surface area contributed by atoms with Gasteiger partial charge in [0.05, 0.1) is 24.6 Å². The Hall–Kier alpha value is -4.61. The van der Waals surface area contributed by atoms with Crippen LogP contribution in [0.5, 0.6) is 5.75 Å². The minimum absolute atomic E-state index is 0.165. The molecule has 0 atom stereocenters. The first-order chi connectivity index (χ1) is 19.4. The third kappa shape index (κ3) is 7.71. The Bertz CT molecular complexity index is 1360. The minimum Gasteiger partial charge on any atom is -0.493 e. The molecule has 13 nitrogen and oxygen atoms in total. The highest BCUT2D eigenvalue weighted by atomic mass is 32.2. The fraction of sp³-hybridized carbons (Fsp3) is 0.308. The van der Waals surface area contributed by atoms with E-state index in [0.29, 0.717) is 48.4 Å². The van der Waals surface area contributed by atoms with Crippen LogP contribution in [0.2, 0.25) is 0 Å². The number of aromatic nitrogens is 2. The van der Waals surface area contributed by atoms with Gasteiger partial charge in [-0.05, 0) is 68.6 Å². The molecule has 0 saturated heterocycles. The van der Waals surface area contributed by atoms with Gasteiger partial charge in [0.15, 0.2) is 6.19 Å². The molecule has 2 aromatic carbocycles. The standard InChI is InChI=1S/C26H27N7O6S/c1-31(2)13-6-14-33-26(30-38-24(34)25(35)39-33)32(18-27)20-11-9-19(10-12-20)23-29-28-22(37-23)17-40-16-15-36-21-7-4-3-5-8-21/h3-5,7-12H,6,13-17H2,1-2H3. The molecule has 1 aliphatic rings. The Labute approximate surface area is 234 Å². The molecule has 2 heterocycles. The summed E-state index contributed by atoms with van der Waals surface area (Å²) in [5.74, 6) is 0.241. The lowest BCUT2D eigenvalue weighted by atomic mass is 10.2. The number of hydrogen-bond acceptors (Lipinski definition) is 14. The lowest BCUT2D eigenvalue weighted by Gasteiger charge is -2.26. The maximum absolute atomic E-state index is 11.9. The van der Waals surface area contributed by atoms with Crippen LogP contribution >= 0.6 is 11.8 Å². The van der Waals surface area contributed by atoms with Gasteiger partial charge in [-0.25, -0.2) is 14.5 Å². The van der Waals surface area contributed by atoms with Gasteiger partial charge in [-0.1, -0.05) is 18.2 Å². The highest BCUT2D eigenvalue weighted by molar-refractivity contribution is 7.98. The Balaban J connectivity index is 1.37. The van der Waals surface area contributed by atoms with Crippen LogP contribution in [0.1, 0.15) is 12.3 Å². The van der Waals surface area contributed by atoms with E-state index in [0.717, 1.165) is 21.5 Å². The topological polar surface area (TPSA) is 147 Å². The first kappa shape index (κ1) is 28.4. The Kier molecular flexibility index (Phi) is 9.92. The highest BCUT2D eigenvalue weighted by Crippen LogP contribution is 2.25. The summed E-state index contributed by atoms with van der Waals surface area (Å²) in [7, 11) is 3.79. The van der Waals surface area contributed by atoms with Crippen molar-refractivity contribution >= 4 is 35.3 Å². The fourth-order valence-corrected chi connectivity index (χ4v) is 4.10. The number of carbonyl (C=O) groups is 2. The predicted octanol–water partition coefficient (Wildman–Crippen LogP) is 2.88. The number of para-hydroxylation sites is 1. The summed E-state index contributed by atoms with van der Waals surface area (Å²) < 4.78 is 11.5. The molecule has 208 valence electrons. The SMILES string of the molecule is CN(C)CCCN1OC(=O)C(=O)ON=C1N(C#N)c1ccc(-c2nnc(CSCCOc3ccccc3)o2)cc1. The van der Waals surface area contributed by atoms with Gasteiger partial charge < -0.3 is 23.7 Å². The molecule has 1 aliphatic heterocycles. The number of hydroxylamine groups is 2. The number of oxime groups is 1. The molecule has 0 radical (unpaired) electrons. The molecule has 14 heteroatoms. The first-order valence-corrected chi connectivity index (χ1v) is 13.4. The molecule has 0 amide bonds. The van der Waals surface area contributed by atoms with E-state index >= 15 is 0 Å². The zero-order valence-corrected chi connectivity index (χ0v) is 22.7. The van der Waals surface area contributed by atoms with Gasteiger partial charge in [-0.3, -0.25) is 0 Å². The van der Waals surface area contributed by atoms with Crippen molar-refractivity contribution in [3.63, 3.8) is 0 Å². The van der Waals surface area contributed by atoms with Gasteiger partial charge in [-0.2, -0.15) is 10.3 Å². The van der Waals surface area contributed by atoms with E-state index in [1.807, 2.05) is 55.5 Å². The van der Waals surface area contributed by atoms with Gasteiger partial charge in [0.2, 0.25) is 11.8 Å². The van der Waals surface area contributed by atoms with E-state index in [9.17, 15) is 14.9 Å². The van der Waals surface area contributed by atoms with Crippen LogP contribution in [0.4, 0.5) is 5.69 Å². The Morgan fingerprint density at radius 2 is 1.82 bits per heavy atom. The summed E-state index contributed by atoms with van der Waals surface area (Å²) in [6, 6.07) is 16.3. The molecule has 40 heavy (non-hydrogen) atoms. The summed E-state index contributed by atoms with van der Waals surface area (Å²) in [6.07, 6.45) is 2.54. The van der Waals surface area contributed by atoms with Gasteiger partial charge in [0, 0.05) is 11.3 Å². The van der Waals surface area contributed by atoms with Crippen LogP contribution in [0.3, 0.4) is 0 Å². The van der Waals surface area contributed by atoms with Crippen LogP contribution in [0.25, 0.3) is 11.5 Å². The van der Waals surface area contributed by atoms with Crippen LogP contribution in [-0.2, 0) is 25.0 Å². The largest absolute Gasteiger partial charge is 0.493 e. The van der Waals surface area contributed by atoms with Crippen molar-refractivity contribution in [3.8, 4) is 23.4 Å². The summed E-state index contributed by atoms with van der Waals surface area (Å²) >= 11 is 1.61. The van der Waals surface area contributed by atoms with Crippen molar-refractivity contribution in [2.75, 3.05) is 44.4 Å². The molecule has 0 saturated carbocycles. The van der Waals surface area contributed by atoms with Crippen molar-refractivity contribution in [2.45, 2.75) is 12.2 Å². The number of carbonyl (C=O) groups excluding carboxylic acids is 2. The number of benzene rings is 2. The first-order valence-electron chi connectivity index (χ1n) is 12.3. The highest BCUT2D eigenvalue weighted by Gasteiger charge is 2.33. The molecule has 0 unspecified atom stereocenters. The monoisotopic (exact) mass is 565 g/mol. The van der Waals surface area contributed by atoms with Crippen LogP contribution in [-0.4, -0.2) is 77.6 Å². The number of thioether (sulfide) groups is 1. The molecule has 4 rings (SSSR count). The van der Waals surface area contributed by atoms with Crippen LogP contribution in [0, 0.1) is 11.5 Å². The number of rotatable bonds is 12. The summed E-state index contributed by atoms with van der Waals surface area (Å²) in [5.41, 5.74) is 1.02. The summed E-state index contributed by atoms with van der Waals surface area (Å²) in [5, 5.41) is 22.9. The number of anilines is 1. The lowest BCUT2D eigenvalue weighted by molar-refractivity contribution is -0.183. The normalized spacial score (nSPS) is 13.2. The molecular weight excluding hydrogens is 538 g/mol. The molecule has 3 aromatic rings. The predicted molar refractivity (Wildman–Crippen MR) is 145 cm³/mol. The second-order valence-electron chi connectivity index (χ2n) is 8.61. The fourth-order valence-electron chi connectivity index (χ4n) is 3.47. The van der Waals surface area contributed by atoms with Crippen LogP contribution < -0.4 is 9.64 Å². The number of hydrogen-bond donors (Lipinski definition) is 0. The lowest BCUT2D eigenvalue weighted by Crippen LogP contribution is -2.44. The van der Waals surface area contributed by atoms with Gasteiger partial charge in [0.25, 0.3) is 5.96 Å². The smallest absolute Gasteiger partial charge is 0.445 e. The van der Waals surface area contributed by atoms with Crippen molar-refractivity contribution in [3.05, 3.63) is 60.5 Å². The van der Waals surface area contributed by atoms with Crippen molar-refractivity contribution < 1.29 is 28.4 Å². The van der Waals surface area contributed by atoms with Crippen molar-refractivity contribution in [1.82, 2.24) is 20.2 Å². The Morgan fingerprint density at radius 1 is 1.05 bits per heavy atom. The van der Waals surface area contributed by atoms with E-state index in [1.54, 1.807) is 36.0 Å². The van der Waals surface area contributed by atoms with Crippen molar-refractivity contribution in [2.24, 2.45) is 5.16 Å². The van der Waals surface area contributed by atoms with Gasteiger partial charge >= 0.3 is 11.9 Å². The number of nitrogens with zero attached hydrogens (tertiary/aromatic N) is 7. The molecular formula is C26H27N7O6S. The molecule has 0 aliphatic carbocycles. The maximum atomic E-state index is 11.9. The average Bonchev–Trinajstić information content (AvgIpc) is 3.38. The van der Waals surface area contributed by atoms with E-state index in [1.165, 1.54) is 0 Å². The van der Waals surface area contributed by atoms with Gasteiger partial charge in [-0.15, -0.1) is 22.0 Å². The molecule has 0 N–H and O–H groups in total. The Morgan fingerprint density at radius 3 is 2.55 bits per heavy atom. The van der Waals surface area contributed by atoms with Crippen LogP contribution in [0.15, 0.2) is 64.2 Å². The van der Waals surface area contributed by atoms with Gasteiger partial charge in [0.1, 0.15) is 5.75 Å². The van der Waals surface area contributed by atoms with E-state index in [2.05, 4.69) is 20.2 Å². The second-order valence-corrected chi connectivity index (χ2v) is 9.71. The zero-order chi connectivity index (χ0) is 28.3. The summed E-state index contributed by atoms with van der Waals surface area (Å²) in [6.45, 7) is 1.41. The van der Waals surface area contributed by atoms with Crippen molar-refractivity contribution in [1.29, 1.82) is 5.26 Å². The molecule has 0 fully saturated rings. The number of nitriles is 1. The average molecular weight is 566 g/mol. The molecule has 0 spiro atoms. The van der Waals surface area contributed by atoms with E-state index < -0.39 is 11.9 Å². The third-order valence-corrected chi connectivity index (χ3v) is 6.27. The number of ether oxygens (including phenoxy) is 1. The zero-order valence-electron chi connectivity index (χ0n) is 21.9. The third-order valence-electron chi connectivity index (χ3n) is 5.36.